The molecule has 0 spiro atoms. The van der Waals surface area contributed by atoms with Crippen LogP contribution in [0, 0.1) is 5.92 Å². The zero-order valence-electron chi connectivity index (χ0n) is 12.3. The molecular formula is C16H17ClN2O3. The Bertz CT molecular complexity index is 653. The lowest BCUT2D eigenvalue weighted by atomic mass is 10.0. The van der Waals surface area contributed by atoms with Gasteiger partial charge in [-0.2, -0.15) is 0 Å². The summed E-state index contributed by atoms with van der Waals surface area (Å²) in [6.45, 7) is 3.70. The van der Waals surface area contributed by atoms with Crippen molar-refractivity contribution in [2.75, 3.05) is 5.32 Å². The van der Waals surface area contributed by atoms with Crippen molar-refractivity contribution in [3.05, 3.63) is 53.4 Å². The summed E-state index contributed by atoms with van der Waals surface area (Å²) in [7, 11) is 0. The molecule has 5 nitrogen and oxygen atoms in total. The second kappa shape index (κ2) is 7.13. The van der Waals surface area contributed by atoms with E-state index in [1.807, 2.05) is 13.8 Å². The van der Waals surface area contributed by atoms with Gasteiger partial charge in [-0.05, 0) is 36.2 Å². The number of amides is 2. The molecule has 0 saturated carbocycles. The lowest BCUT2D eigenvalue weighted by molar-refractivity contribution is -0.118. The van der Waals surface area contributed by atoms with E-state index in [2.05, 4.69) is 10.6 Å². The van der Waals surface area contributed by atoms with Crippen LogP contribution in [0.5, 0.6) is 0 Å². The van der Waals surface area contributed by atoms with Crippen LogP contribution in [-0.4, -0.2) is 17.9 Å². The third kappa shape index (κ3) is 4.11. The van der Waals surface area contributed by atoms with Crippen molar-refractivity contribution in [2.24, 2.45) is 5.92 Å². The molecule has 0 aliphatic heterocycles. The van der Waals surface area contributed by atoms with Gasteiger partial charge in [0, 0.05) is 10.7 Å². The Hall–Kier alpha value is -2.27. The standard InChI is InChI=1S/C16H17ClN2O3/c1-10(2)14(19-15(20)13-7-4-8-22-13)16(21)18-12-6-3-5-11(17)9-12/h3-10,14H,1-2H3,(H,18,21)(H,19,20)/t14-/m1/s1. The van der Waals surface area contributed by atoms with Crippen molar-refractivity contribution in [3.8, 4) is 0 Å². The molecule has 6 heteroatoms. The molecule has 0 unspecified atom stereocenters. The summed E-state index contributed by atoms with van der Waals surface area (Å²) >= 11 is 5.89. The molecule has 0 radical (unpaired) electrons. The molecule has 1 aromatic carbocycles. The molecule has 22 heavy (non-hydrogen) atoms. The Morgan fingerprint density at radius 2 is 1.95 bits per heavy atom. The summed E-state index contributed by atoms with van der Waals surface area (Å²) in [6, 6.07) is 9.31. The van der Waals surface area contributed by atoms with Crippen LogP contribution in [0.25, 0.3) is 0 Å². The maximum atomic E-state index is 12.4. The summed E-state index contributed by atoms with van der Waals surface area (Å²) in [6.07, 6.45) is 1.41. The second-order valence-corrected chi connectivity index (χ2v) is 5.61. The van der Waals surface area contributed by atoms with Crippen LogP contribution in [-0.2, 0) is 4.79 Å². The molecule has 0 saturated heterocycles. The molecule has 2 aromatic rings. The topological polar surface area (TPSA) is 71.3 Å². The zero-order valence-corrected chi connectivity index (χ0v) is 13.1. The lowest BCUT2D eigenvalue weighted by Crippen LogP contribution is -2.47. The number of anilines is 1. The number of carbonyl (C=O) groups excluding carboxylic acids is 2. The average molecular weight is 321 g/mol. The highest BCUT2D eigenvalue weighted by molar-refractivity contribution is 6.30. The van der Waals surface area contributed by atoms with E-state index in [4.69, 9.17) is 16.0 Å². The van der Waals surface area contributed by atoms with Gasteiger partial charge in [-0.15, -0.1) is 0 Å². The number of hydrogen-bond donors (Lipinski definition) is 2. The molecule has 0 aliphatic carbocycles. The Balaban J connectivity index is 2.07. The van der Waals surface area contributed by atoms with E-state index in [0.29, 0.717) is 10.7 Å². The summed E-state index contributed by atoms with van der Waals surface area (Å²) < 4.78 is 5.03. The van der Waals surface area contributed by atoms with Gasteiger partial charge < -0.3 is 15.1 Å². The fraction of sp³-hybridized carbons (Fsp3) is 0.250. The quantitative estimate of drug-likeness (QED) is 0.887. The Morgan fingerprint density at radius 1 is 1.18 bits per heavy atom. The molecule has 1 heterocycles. The van der Waals surface area contributed by atoms with Crippen LogP contribution in [0.4, 0.5) is 5.69 Å². The van der Waals surface area contributed by atoms with Crippen molar-refractivity contribution in [1.29, 1.82) is 0 Å². The minimum atomic E-state index is -0.684. The number of furan rings is 1. The Labute approximate surface area is 133 Å². The van der Waals surface area contributed by atoms with E-state index >= 15 is 0 Å². The van der Waals surface area contributed by atoms with E-state index < -0.39 is 11.9 Å². The number of nitrogens with one attached hydrogen (secondary N) is 2. The first-order valence-electron chi connectivity index (χ1n) is 6.88. The summed E-state index contributed by atoms with van der Waals surface area (Å²) in [4.78, 5) is 24.4. The summed E-state index contributed by atoms with van der Waals surface area (Å²) in [5.74, 6) is -0.651. The lowest BCUT2D eigenvalue weighted by Gasteiger charge is -2.21. The highest BCUT2D eigenvalue weighted by Gasteiger charge is 2.25. The average Bonchev–Trinajstić information content (AvgIpc) is 2.98. The molecule has 116 valence electrons. The fourth-order valence-electron chi connectivity index (χ4n) is 1.94. The van der Waals surface area contributed by atoms with Gasteiger partial charge in [-0.25, -0.2) is 0 Å². The van der Waals surface area contributed by atoms with E-state index in [-0.39, 0.29) is 17.6 Å². The molecule has 0 aliphatic rings. The number of hydrogen-bond acceptors (Lipinski definition) is 3. The van der Waals surface area contributed by atoms with Gasteiger partial charge in [0.25, 0.3) is 5.91 Å². The molecular weight excluding hydrogens is 304 g/mol. The Morgan fingerprint density at radius 3 is 2.55 bits per heavy atom. The highest BCUT2D eigenvalue weighted by Crippen LogP contribution is 2.16. The molecule has 0 fully saturated rings. The predicted octanol–water partition coefficient (Wildman–Crippen LogP) is 3.33. The SMILES string of the molecule is CC(C)[C@@H](NC(=O)c1ccco1)C(=O)Nc1cccc(Cl)c1. The maximum Gasteiger partial charge on any atom is 0.287 e. The highest BCUT2D eigenvalue weighted by atomic mass is 35.5. The minimum absolute atomic E-state index is 0.0851. The van der Waals surface area contributed by atoms with Crippen LogP contribution >= 0.6 is 11.6 Å². The van der Waals surface area contributed by atoms with Crippen LogP contribution in [0.2, 0.25) is 5.02 Å². The molecule has 2 amide bonds. The van der Waals surface area contributed by atoms with Crippen LogP contribution in [0.1, 0.15) is 24.4 Å². The van der Waals surface area contributed by atoms with E-state index in [1.54, 1.807) is 36.4 Å². The third-order valence-electron chi connectivity index (χ3n) is 3.07. The van der Waals surface area contributed by atoms with Gasteiger partial charge in [0.15, 0.2) is 5.76 Å². The maximum absolute atomic E-state index is 12.4. The first kappa shape index (κ1) is 16.1. The fourth-order valence-corrected chi connectivity index (χ4v) is 2.13. The van der Waals surface area contributed by atoms with Gasteiger partial charge in [-0.3, -0.25) is 9.59 Å². The number of rotatable bonds is 5. The van der Waals surface area contributed by atoms with Crippen LogP contribution < -0.4 is 10.6 Å². The van der Waals surface area contributed by atoms with Crippen molar-refractivity contribution in [1.82, 2.24) is 5.32 Å². The number of carbonyl (C=O) groups is 2. The van der Waals surface area contributed by atoms with E-state index in [1.165, 1.54) is 6.26 Å². The van der Waals surface area contributed by atoms with Gasteiger partial charge in [0.2, 0.25) is 5.91 Å². The van der Waals surface area contributed by atoms with Gasteiger partial charge in [0.05, 0.1) is 6.26 Å². The number of halogens is 1. The van der Waals surface area contributed by atoms with E-state index in [0.717, 1.165) is 0 Å². The van der Waals surface area contributed by atoms with Gasteiger partial charge >= 0.3 is 0 Å². The smallest absolute Gasteiger partial charge is 0.287 e. The summed E-state index contributed by atoms with van der Waals surface area (Å²) in [5, 5.41) is 5.95. The van der Waals surface area contributed by atoms with Crippen molar-refractivity contribution >= 4 is 29.1 Å². The third-order valence-corrected chi connectivity index (χ3v) is 3.31. The molecule has 1 aromatic heterocycles. The number of benzene rings is 1. The van der Waals surface area contributed by atoms with Gasteiger partial charge in [0.1, 0.15) is 6.04 Å². The monoisotopic (exact) mass is 320 g/mol. The van der Waals surface area contributed by atoms with Crippen LogP contribution in [0.15, 0.2) is 47.1 Å². The van der Waals surface area contributed by atoms with E-state index in [9.17, 15) is 9.59 Å². The Kier molecular flexibility index (Phi) is 5.22. The normalized spacial score (nSPS) is 12.0. The van der Waals surface area contributed by atoms with Crippen molar-refractivity contribution in [3.63, 3.8) is 0 Å². The largest absolute Gasteiger partial charge is 0.459 e. The summed E-state index contributed by atoms with van der Waals surface area (Å²) in [5.41, 5.74) is 0.579. The molecule has 1 atom stereocenters. The predicted molar refractivity (Wildman–Crippen MR) is 84.9 cm³/mol. The first-order valence-corrected chi connectivity index (χ1v) is 7.26. The first-order chi connectivity index (χ1) is 10.5. The molecule has 2 rings (SSSR count). The van der Waals surface area contributed by atoms with Crippen LogP contribution in [0.3, 0.4) is 0 Å². The van der Waals surface area contributed by atoms with Crippen molar-refractivity contribution < 1.29 is 14.0 Å². The second-order valence-electron chi connectivity index (χ2n) is 5.17. The zero-order chi connectivity index (χ0) is 16.1. The van der Waals surface area contributed by atoms with Crippen molar-refractivity contribution in [2.45, 2.75) is 19.9 Å². The van der Waals surface area contributed by atoms with Gasteiger partial charge in [-0.1, -0.05) is 31.5 Å². The molecule has 2 N–H and O–H groups in total. The molecule has 0 bridgehead atoms. The minimum Gasteiger partial charge on any atom is -0.459 e.